The van der Waals surface area contributed by atoms with E-state index < -0.39 is 52.9 Å². The van der Waals surface area contributed by atoms with Gasteiger partial charge in [0, 0.05) is 35.3 Å². The zero-order valence-corrected chi connectivity index (χ0v) is 23.9. The first-order valence-electron chi connectivity index (χ1n) is 14.0. The molecule has 0 unspecified atom stereocenters. The van der Waals surface area contributed by atoms with Crippen LogP contribution in [0, 0.1) is 11.7 Å². The van der Waals surface area contributed by atoms with Crippen LogP contribution < -0.4 is 21.3 Å². The lowest BCUT2D eigenvalue weighted by molar-refractivity contribution is -0.142. The standard InChI is InChI=1S/C31H36FN5O5/c1-31(2,3)37-30(42)26(38)23(16-19-10-7-13-33-27(19)39)35-28(40)24(14-18-8-5-4-6-9-18)36-29(41)25-17-20-15-21(32)11-12-22(20)34-25/h4-6,8-9,11-12,15,17,19,23-24,34H,7,10,13-14,16H2,1-3H3,(H,33,39)(H,35,40)(H,36,41)(H,37,42)/t19-,23-,24-/m0/s1. The fraction of sp³-hybridized carbons (Fsp3) is 0.387. The lowest BCUT2D eigenvalue weighted by Crippen LogP contribution is -2.57. The summed E-state index contributed by atoms with van der Waals surface area (Å²) in [4.78, 5) is 68.5. The zero-order chi connectivity index (χ0) is 30.4. The number of benzene rings is 2. The van der Waals surface area contributed by atoms with Gasteiger partial charge in [0.25, 0.3) is 11.8 Å². The number of amides is 4. The predicted molar refractivity (Wildman–Crippen MR) is 155 cm³/mol. The van der Waals surface area contributed by atoms with Crippen LogP contribution in [-0.2, 0) is 25.6 Å². The van der Waals surface area contributed by atoms with Crippen LogP contribution in [0.4, 0.5) is 4.39 Å². The van der Waals surface area contributed by atoms with Gasteiger partial charge >= 0.3 is 0 Å². The Balaban J connectivity index is 1.58. The number of carbonyl (C=O) groups excluding carboxylic acids is 5. The highest BCUT2D eigenvalue weighted by Gasteiger charge is 2.36. The lowest BCUT2D eigenvalue weighted by Gasteiger charge is -2.28. The zero-order valence-electron chi connectivity index (χ0n) is 23.9. The van der Waals surface area contributed by atoms with Gasteiger partial charge in [-0.05, 0) is 69.9 Å². The van der Waals surface area contributed by atoms with E-state index in [0.29, 0.717) is 30.3 Å². The van der Waals surface area contributed by atoms with Crippen LogP contribution in [0.5, 0.6) is 0 Å². The van der Waals surface area contributed by atoms with Crippen molar-refractivity contribution in [3.8, 4) is 0 Å². The number of rotatable bonds is 10. The monoisotopic (exact) mass is 577 g/mol. The van der Waals surface area contributed by atoms with Crippen molar-refractivity contribution in [2.24, 2.45) is 5.92 Å². The normalized spacial score (nSPS) is 16.7. The van der Waals surface area contributed by atoms with E-state index in [0.717, 1.165) is 5.56 Å². The quantitative estimate of drug-likeness (QED) is 0.235. The van der Waals surface area contributed by atoms with Gasteiger partial charge < -0.3 is 26.3 Å². The number of Topliss-reactive ketones (excluding diaryl/α,β-unsaturated/α-hetero) is 1. The maximum Gasteiger partial charge on any atom is 0.290 e. The average molecular weight is 578 g/mol. The number of nitrogens with one attached hydrogen (secondary N) is 5. The van der Waals surface area contributed by atoms with E-state index in [4.69, 9.17) is 0 Å². The van der Waals surface area contributed by atoms with Crippen molar-refractivity contribution >= 4 is 40.3 Å². The van der Waals surface area contributed by atoms with Gasteiger partial charge in [0.15, 0.2) is 0 Å². The van der Waals surface area contributed by atoms with Crippen LogP contribution >= 0.6 is 0 Å². The second kappa shape index (κ2) is 13.0. The minimum Gasteiger partial charge on any atom is -0.356 e. The molecule has 42 heavy (non-hydrogen) atoms. The molecule has 1 saturated heterocycles. The van der Waals surface area contributed by atoms with Crippen molar-refractivity contribution in [2.45, 2.75) is 64.1 Å². The topological polar surface area (TPSA) is 149 Å². The number of halogens is 1. The summed E-state index contributed by atoms with van der Waals surface area (Å²) >= 11 is 0. The third kappa shape index (κ3) is 8.02. The lowest BCUT2D eigenvalue weighted by atomic mass is 9.89. The Labute approximate surface area is 243 Å². The first-order valence-corrected chi connectivity index (χ1v) is 14.0. The van der Waals surface area contributed by atoms with Crippen molar-refractivity contribution in [3.05, 3.63) is 71.7 Å². The van der Waals surface area contributed by atoms with Crippen molar-refractivity contribution in [1.29, 1.82) is 0 Å². The highest BCUT2D eigenvalue weighted by molar-refractivity contribution is 6.38. The van der Waals surface area contributed by atoms with Gasteiger partial charge in [-0.25, -0.2) is 4.39 Å². The van der Waals surface area contributed by atoms with Gasteiger partial charge in [0.2, 0.25) is 17.6 Å². The molecule has 5 N–H and O–H groups in total. The number of aromatic nitrogens is 1. The molecule has 0 aliphatic carbocycles. The molecule has 1 fully saturated rings. The van der Waals surface area contributed by atoms with E-state index in [1.165, 1.54) is 24.3 Å². The van der Waals surface area contributed by atoms with Gasteiger partial charge in [0.05, 0.1) is 6.04 Å². The number of piperidine rings is 1. The van der Waals surface area contributed by atoms with Crippen LogP contribution in [0.15, 0.2) is 54.6 Å². The molecule has 222 valence electrons. The number of aromatic amines is 1. The molecule has 2 aromatic carbocycles. The molecule has 3 atom stereocenters. The summed E-state index contributed by atoms with van der Waals surface area (Å²) in [6, 6.07) is 12.1. The highest BCUT2D eigenvalue weighted by Crippen LogP contribution is 2.20. The fourth-order valence-electron chi connectivity index (χ4n) is 4.93. The van der Waals surface area contributed by atoms with E-state index in [2.05, 4.69) is 26.3 Å². The van der Waals surface area contributed by atoms with E-state index in [1.54, 1.807) is 45.0 Å². The largest absolute Gasteiger partial charge is 0.356 e. The Morgan fingerprint density at radius 3 is 2.43 bits per heavy atom. The van der Waals surface area contributed by atoms with Crippen LogP contribution in [0.25, 0.3) is 10.9 Å². The second-order valence-corrected chi connectivity index (χ2v) is 11.6. The number of hydrogen-bond donors (Lipinski definition) is 5. The van der Waals surface area contributed by atoms with Crippen molar-refractivity contribution < 1.29 is 28.4 Å². The second-order valence-electron chi connectivity index (χ2n) is 11.6. The molecular weight excluding hydrogens is 541 g/mol. The molecule has 0 spiro atoms. The van der Waals surface area contributed by atoms with Crippen molar-refractivity contribution in [3.63, 3.8) is 0 Å². The molecule has 0 bridgehead atoms. The SMILES string of the molecule is CC(C)(C)NC(=O)C(=O)[C@H](C[C@@H]1CCCNC1=O)NC(=O)[C@H](Cc1ccccc1)NC(=O)c1cc2cc(F)ccc2[nH]1. The summed E-state index contributed by atoms with van der Waals surface area (Å²) in [5, 5.41) is 11.2. The molecule has 1 aliphatic rings. The van der Waals surface area contributed by atoms with Crippen LogP contribution in [0.3, 0.4) is 0 Å². The van der Waals surface area contributed by atoms with E-state index in [1.807, 2.05) is 6.07 Å². The number of fused-ring (bicyclic) bond motifs is 1. The summed E-state index contributed by atoms with van der Waals surface area (Å²) in [6.07, 6.45) is 1.25. The Morgan fingerprint density at radius 2 is 1.74 bits per heavy atom. The summed E-state index contributed by atoms with van der Waals surface area (Å²) in [5.74, 6) is -4.31. The van der Waals surface area contributed by atoms with Gasteiger partial charge in [-0.15, -0.1) is 0 Å². The summed E-state index contributed by atoms with van der Waals surface area (Å²) in [6.45, 7) is 5.70. The average Bonchev–Trinajstić information content (AvgIpc) is 3.36. The molecule has 4 rings (SSSR count). The Hall–Kier alpha value is -4.54. The molecule has 2 heterocycles. The van der Waals surface area contributed by atoms with E-state index in [9.17, 15) is 28.4 Å². The third-order valence-corrected chi connectivity index (χ3v) is 7.00. The Morgan fingerprint density at radius 1 is 1.00 bits per heavy atom. The van der Waals surface area contributed by atoms with Crippen LogP contribution in [0.1, 0.15) is 56.1 Å². The molecule has 4 amide bonds. The number of hydrogen-bond acceptors (Lipinski definition) is 5. The van der Waals surface area contributed by atoms with Gasteiger partial charge in [-0.1, -0.05) is 30.3 Å². The smallest absolute Gasteiger partial charge is 0.290 e. The molecule has 0 saturated carbocycles. The van der Waals surface area contributed by atoms with Gasteiger partial charge in [-0.2, -0.15) is 0 Å². The minimum absolute atomic E-state index is 0.0619. The maximum atomic E-state index is 13.7. The highest BCUT2D eigenvalue weighted by atomic mass is 19.1. The Bertz CT molecular complexity index is 1480. The minimum atomic E-state index is -1.29. The molecule has 1 aliphatic heterocycles. The summed E-state index contributed by atoms with van der Waals surface area (Å²) < 4.78 is 13.7. The molecule has 0 radical (unpaired) electrons. The van der Waals surface area contributed by atoms with Crippen molar-refractivity contribution in [1.82, 2.24) is 26.3 Å². The predicted octanol–water partition coefficient (Wildman–Crippen LogP) is 2.53. The molecule has 10 nitrogen and oxygen atoms in total. The molecular formula is C31H36FN5O5. The first-order chi connectivity index (χ1) is 19.9. The summed E-state index contributed by atoms with van der Waals surface area (Å²) in [5.41, 5.74) is 0.719. The fourth-order valence-corrected chi connectivity index (χ4v) is 4.93. The first kappa shape index (κ1) is 30.4. The number of H-pyrrole nitrogens is 1. The molecule has 3 aromatic rings. The Kier molecular flexibility index (Phi) is 9.39. The number of carbonyl (C=O) groups is 5. The maximum absolute atomic E-state index is 13.7. The van der Waals surface area contributed by atoms with E-state index in [-0.39, 0.29) is 24.4 Å². The molecule has 1 aromatic heterocycles. The third-order valence-electron chi connectivity index (χ3n) is 7.00. The van der Waals surface area contributed by atoms with Crippen LogP contribution in [-0.4, -0.2) is 58.6 Å². The molecule has 11 heteroatoms. The summed E-state index contributed by atoms with van der Waals surface area (Å²) in [7, 11) is 0. The van der Waals surface area contributed by atoms with Gasteiger partial charge in [-0.3, -0.25) is 24.0 Å². The number of ketones is 1. The van der Waals surface area contributed by atoms with E-state index >= 15 is 0 Å². The van der Waals surface area contributed by atoms with Crippen LogP contribution in [0.2, 0.25) is 0 Å². The van der Waals surface area contributed by atoms with Gasteiger partial charge in [0.1, 0.15) is 17.6 Å². The van der Waals surface area contributed by atoms with Crippen molar-refractivity contribution in [2.75, 3.05) is 6.54 Å².